The van der Waals surface area contributed by atoms with Gasteiger partial charge in [0.2, 0.25) is 0 Å². The van der Waals surface area contributed by atoms with E-state index >= 15 is 0 Å². The molecule has 0 nitrogen and oxygen atoms in total. The number of hydrogen-bond acceptors (Lipinski definition) is 0. The molecule has 0 bridgehead atoms. The Morgan fingerprint density at radius 3 is 1.00 bits per heavy atom. The smallest absolute Gasteiger partial charge is 0.0000330 e. The predicted octanol–water partition coefficient (Wildman–Crippen LogP) is 3.52. The summed E-state index contributed by atoms with van der Waals surface area (Å²) in [5, 5.41) is 0. The van der Waals surface area contributed by atoms with E-state index in [1.165, 1.54) is 11.1 Å². The van der Waals surface area contributed by atoms with E-state index in [9.17, 15) is 0 Å². The summed E-state index contributed by atoms with van der Waals surface area (Å²) < 4.78 is 0. The second-order valence-corrected chi connectivity index (χ2v) is 1.42. The molecule has 0 rings (SSSR count). The summed E-state index contributed by atoms with van der Waals surface area (Å²) in [7, 11) is 0. The van der Waals surface area contributed by atoms with Gasteiger partial charge in [0.1, 0.15) is 0 Å². The first-order chi connectivity index (χ1) is 3.83. The third-order valence-corrected chi connectivity index (χ3v) is 0.756. The van der Waals surface area contributed by atoms with Gasteiger partial charge in [-0.1, -0.05) is 35.4 Å². The van der Waals surface area contributed by atoms with Crippen LogP contribution in [-0.4, -0.2) is 0 Å². The van der Waals surface area contributed by atoms with E-state index in [4.69, 9.17) is 23.2 Å². The lowest BCUT2D eigenvalue weighted by Gasteiger charge is -1.46. The van der Waals surface area contributed by atoms with Crippen LogP contribution in [0.15, 0.2) is 23.2 Å². The van der Waals surface area contributed by atoms with E-state index in [-0.39, 0.29) is 0 Å². The van der Waals surface area contributed by atoms with Crippen molar-refractivity contribution < 1.29 is 0 Å². The van der Waals surface area contributed by atoms with Gasteiger partial charge in [-0.2, -0.15) is 0 Å². The van der Waals surface area contributed by atoms with Crippen molar-refractivity contribution in [1.29, 1.82) is 0 Å². The molecule has 0 aliphatic rings. The van der Waals surface area contributed by atoms with Crippen LogP contribution in [0.1, 0.15) is 13.8 Å². The molecule has 0 atom stereocenters. The quantitative estimate of drug-likeness (QED) is 0.499. The predicted molar refractivity (Wildman–Crippen MR) is 41.3 cm³/mol. The van der Waals surface area contributed by atoms with Gasteiger partial charge in [-0.25, -0.2) is 0 Å². The zero-order chi connectivity index (χ0) is 6.83. The van der Waals surface area contributed by atoms with Crippen molar-refractivity contribution in [3.05, 3.63) is 23.2 Å². The number of hydrogen-bond donors (Lipinski definition) is 0. The number of halogens is 2. The molecule has 0 unspecified atom stereocenters. The van der Waals surface area contributed by atoms with Gasteiger partial charge in [0.25, 0.3) is 0 Å². The van der Waals surface area contributed by atoms with Gasteiger partial charge in [-0.3, -0.25) is 0 Å². The normalized spacial score (nSPS) is 9.50. The highest BCUT2D eigenvalue weighted by Crippen LogP contribution is 1.70. The fourth-order valence-electron chi connectivity index (χ4n) is 0. The third-order valence-electron chi connectivity index (χ3n) is 0.252. The van der Waals surface area contributed by atoms with Crippen molar-refractivity contribution in [2.75, 3.05) is 0 Å². The molecule has 0 aromatic carbocycles. The lowest BCUT2D eigenvalue weighted by molar-refractivity contribution is 1.78. The highest BCUT2D eigenvalue weighted by atomic mass is 35.5. The van der Waals surface area contributed by atoms with Gasteiger partial charge in [0.15, 0.2) is 0 Å². The Labute approximate surface area is 60.8 Å². The second kappa shape index (κ2) is 15.7. The molecule has 0 aliphatic carbocycles. The van der Waals surface area contributed by atoms with E-state index in [1.54, 1.807) is 12.2 Å². The largest absolute Gasteiger partial charge is 0.0933 e. The van der Waals surface area contributed by atoms with Crippen molar-refractivity contribution in [3.8, 4) is 0 Å². The summed E-state index contributed by atoms with van der Waals surface area (Å²) in [5.41, 5.74) is 2.94. The van der Waals surface area contributed by atoms with Gasteiger partial charge >= 0.3 is 0 Å². The van der Waals surface area contributed by atoms with Crippen LogP contribution in [0.2, 0.25) is 0 Å². The highest BCUT2D eigenvalue weighted by Gasteiger charge is 1.37. The van der Waals surface area contributed by atoms with Crippen LogP contribution in [-0.2, 0) is 0 Å². The molecular formula is C6H10Cl2. The molecule has 0 aromatic heterocycles. The van der Waals surface area contributed by atoms with E-state index < -0.39 is 0 Å². The molecule has 0 heterocycles. The Morgan fingerprint density at radius 1 is 0.875 bits per heavy atom. The van der Waals surface area contributed by atoms with E-state index in [2.05, 4.69) is 0 Å². The summed E-state index contributed by atoms with van der Waals surface area (Å²) in [6.45, 7) is 3.74. The lowest BCUT2D eigenvalue weighted by Crippen LogP contribution is -1.20. The Hall–Kier alpha value is 0.0600. The van der Waals surface area contributed by atoms with Gasteiger partial charge in [-0.15, -0.1) is 0 Å². The van der Waals surface area contributed by atoms with Crippen LogP contribution in [0.4, 0.5) is 0 Å². The lowest BCUT2D eigenvalue weighted by atomic mass is 10.8. The van der Waals surface area contributed by atoms with Crippen molar-refractivity contribution in [3.63, 3.8) is 0 Å². The van der Waals surface area contributed by atoms with Gasteiger partial charge in [-0.05, 0) is 24.9 Å². The zero-order valence-electron chi connectivity index (χ0n) is 5.07. The standard InChI is InChI=1S/2C3H5Cl/c2*1-2-3-4/h2*2-3H,1H3. The van der Waals surface area contributed by atoms with Crippen LogP contribution in [0.5, 0.6) is 0 Å². The molecular weight excluding hydrogens is 143 g/mol. The molecule has 0 saturated carbocycles. The van der Waals surface area contributed by atoms with E-state index in [0.717, 1.165) is 0 Å². The molecule has 0 spiro atoms. The molecule has 0 radical (unpaired) electrons. The van der Waals surface area contributed by atoms with Crippen molar-refractivity contribution in [1.82, 2.24) is 0 Å². The SMILES string of the molecule is CC=CCl.CC=CCl. The first-order valence-corrected chi connectivity index (χ1v) is 3.13. The average Bonchev–Trinajstić information content (AvgIpc) is 1.88. The Kier molecular flexibility index (Phi) is 21.5. The van der Waals surface area contributed by atoms with Crippen molar-refractivity contribution >= 4 is 23.2 Å². The summed E-state index contributed by atoms with van der Waals surface area (Å²) >= 11 is 10.0. The number of rotatable bonds is 0. The maximum absolute atomic E-state index is 5.01. The summed E-state index contributed by atoms with van der Waals surface area (Å²) in [5.74, 6) is 0. The monoisotopic (exact) mass is 152 g/mol. The Morgan fingerprint density at radius 2 is 1.00 bits per heavy atom. The maximum atomic E-state index is 5.01. The molecule has 0 saturated heterocycles. The zero-order valence-corrected chi connectivity index (χ0v) is 6.58. The van der Waals surface area contributed by atoms with Gasteiger partial charge < -0.3 is 0 Å². The average molecular weight is 153 g/mol. The molecule has 0 amide bonds. The van der Waals surface area contributed by atoms with Crippen molar-refractivity contribution in [2.45, 2.75) is 13.8 Å². The molecule has 0 fully saturated rings. The first kappa shape index (κ1) is 10.9. The number of allylic oxidation sites excluding steroid dienone is 2. The fraction of sp³-hybridized carbons (Fsp3) is 0.333. The van der Waals surface area contributed by atoms with Crippen LogP contribution in [0.3, 0.4) is 0 Å². The molecule has 48 valence electrons. The Balaban J connectivity index is 0. The van der Waals surface area contributed by atoms with Crippen LogP contribution >= 0.6 is 23.2 Å². The first-order valence-electron chi connectivity index (χ1n) is 2.26. The minimum Gasteiger partial charge on any atom is -0.0933 e. The third kappa shape index (κ3) is 36.6. The summed E-state index contributed by atoms with van der Waals surface area (Å²) in [6, 6.07) is 0. The van der Waals surface area contributed by atoms with Gasteiger partial charge in [0.05, 0.1) is 0 Å². The molecule has 0 N–H and O–H groups in total. The van der Waals surface area contributed by atoms with Crippen LogP contribution in [0, 0.1) is 0 Å². The highest BCUT2D eigenvalue weighted by molar-refractivity contribution is 6.25. The van der Waals surface area contributed by atoms with Gasteiger partial charge in [0, 0.05) is 0 Å². The van der Waals surface area contributed by atoms with Crippen LogP contribution in [0.25, 0.3) is 0 Å². The topological polar surface area (TPSA) is 0 Å². The maximum Gasteiger partial charge on any atom is -0.0000330 e. The molecule has 0 aromatic rings. The minimum atomic E-state index is 1.47. The summed E-state index contributed by atoms with van der Waals surface area (Å²) in [6.07, 6.45) is 3.53. The second-order valence-electron chi connectivity index (χ2n) is 0.919. The summed E-state index contributed by atoms with van der Waals surface area (Å²) in [4.78, 5) is 0. The Bertz CT molecular complexity index is 46.9. The fourth-order valence-corrected chi connectivity index (χ4v) is 0. The van der Waals surface area contributed by atoms with E-state index in [0.29, 0.717) is 0 Å². The van der Waals surface area contributed by atoms with Crippen LogP contribution < -0.4 is 0 Å². The molecule has 2 heteroatoms. The molecule has 0 aliphatic heterocycles. The van der Waals surface area contributed by atoms with Crippen molar-refractivity contribution in [2.24, 2.45) is 0 Å². The van der Waals surface area contributed by atoms with E-state index in [1.807, 2.05) is 13.8 Å². The minimum absolute atomic E-state index is 1.47. The molecule has 8 heavy (non-hydrogen) atoms.